The van der Waals surface area contributed by atoms with E-state index in [1.807, 2.05) is 37.3 Å². The molecule has 2 atom stereocenters. The zero-order chi connectivity index (χ0) is 18.3. The predicted octanol–water partition coefficient (Wildman–Crippen LogP) is 2.13. The molecule has 0 N–H and O–H groups in total. The number of imide groups is 1. The number of fused-ring (bicyclic) bond motifs is 1. The van der Waals surface area contributed by atoms with Crippen molar-refractivity contribution >= 4 is 17.8 Å². The summed E-state index contributed by atoms with van der Waals surface area (Å²) in [5.74, 6) is -0.280. The number of hydrogen-bond donors (Lipinski definition) is 0. The fourth-order valence-corrected chi connectivity index (χ4v) is 3.59. The summed E-state index contributed by atoms with van der Waals surface area (Å²) in [7, 11) is 0. The first-order chi connectivity index (χ1) is 12.6. The van der Waals surface area contributed by atoms with Crippen molar-refractivity contribution in [2.24, 2.45) is 0 Å². The topological polar surface area (TPSA) is 74.1 Å². The monoisotopic (exact) mass is 353 g/mol. The average Bonchev–Trinajstić information content (AvgIpc) is 3.29. The third-order valence-electron chi connectivity index (χ3n) is 5.04. The van der Waals surface area contributed by atoms with Crippen LogP contribution in [0.15, 0.2) is 53.1 Å². The van der Waals surface area contributed by atoms with Gasteiger partial charge in [-0.05, 0) is 24.6 Å². The zero-order valence-corrected chi connectivity index (χ0v) is 14.4. The van der Waals surface area contributed by atoms with Gasteiger partial charge in [-0.3, -0.25) is 14.5 Å². The Kier molecular flexibility index (Phi) is 3.99. The van der Waals surface area contributed by atoms with Crippen LogP contribution in [0.2, 0.25) is 0 Å². The van der Waals surface area contributed by atoms with Gasteiger partial charge in [0, 0.05) is 13.1 Å². The molecular formula is C19H19N3O4. The van der Waals surface area contributed by atoms with Gasteiger partial charge in [0.05, 0.1) is 18.8 Å². The number of urea groups is 1. The van der Waals surface area contributed by atoms with Crippen LogP contribution in [0.25, 0.3) is 0 Å². The largest absolute Gasteiger partial charge is 0.459 e. The smallest absolute Gasteiger partial charge is 0.328 e. The summed E-state index contributed by atoms with van der Waals surface area (Å²) in [5, 5.41) is 0. The summed E-state index contributed by atoms with van der Waals surface area (Å²) >= 11 is 0. The molecule has 7 heteroatoms. The molecule has 0 aliphatic carbocycles. The number of hydrogen-bond acceptors (Lipinski definition) is 4. The van der Waals surface area contributed by atoms with Gasteiger partial charge >= 0.3 is 6.03 Å². The van der Waals surface area contributed by atoms with Crippen LogP contribution in [0, 0.1) is 0 Å². The molecule has 134 valence electrons. The highest BCUT2D eigenvalue weighted by atomic mass is 16.3. The lowest BCUT2D eigenvalue weighted by atomic mass is 10.1. The van der Waals surface area contributed by atoms with E-state index in [9.17, 15) is 14.4 Å². The van der Waals surface area contributed by atoms with E-state index in [1.165, 1.54) is 11.2 Å². The van der Waals surface area contributed by atoms with E-state index in [0.717, 1.165) is 5.56 Å². The van der Waals surface area contributed by atoms with Gasteiger partial charge in [-0.1, -0.05) is 30.3 Å². The molecule has 4 amide bonds. The normalized spacial score (nSPS) is 21.1. The van der Waals surface area contributed by atoms with E-state index in [0.29, 0.717) is 13.1 Å². The molecule has 2 aliphatic heterocycles. The van der Waals surface area contributed by atoms with Gasteiger partial charge in [0.2, 0.25) is 0 Å². The first-order valence-corrected chi connectivity index (χ1v) is 8.59. The van der Waals surface area contributed by atoms with Crippen LogP contribution in [0.4, 0.5) is 4.79 Å². The Balaban J connectivity index is 1.54. The van der Waals surface area contributed by atoms with Crippen molar-refractivity contribution in [3.8, 4) is 0 Å². The third kappa shape index (κ3) is 2.56. The lowest BCUT2D eigenvalue weighted by molar-refractivity contribution is -0.130. The van der Waals surface area contributed by atoms with Gasteiger partial charge < -0.3 is 14.2 Å². The highest BCUT2D eigenvalue weighted by molar-refractivity contribution is 6.05. The Morgan fingerprint density at radius 2 is 1.88 bits per heavy atom. The molecular weight excluding hydrogens is 334 g/mol. The van der Waals surface area contributed by atoms with E-state index in [1.54, 1.807) is 21.9 Å². The summed E-state index contributed by atoms with van der Waals surface area (Å²) < 4.78 is 5.16. The SMILES string of the molecule is CC(c1ccccc1)N1C(=O)C2CN(C(=O)c3ccco3)CCN2C1=O. The molecule has 1 aromatic heterocycles. The Morgan fingerprint density at radius 1 is 1.12 bits per heavy atom. The highest BCUT2D eigenvalue weighted by Gasteiger charge is 2.50. The number of rotatable bonds is 3. The lowest BCUT2D eigenvalue weighted by Gasteiger charge is -2.34. The summed E-state index contributed by atoms with van der Waals surface area (Å²) in [6.45, 7) is 2.74. The summed E-state index contributed by atoms with van der Waals surface area (Å²) in [6, 6.07) is 11.4. The highest BCUT2D eigenvalue weighted by Crippen LogP contribution is 2.30. The number of carbonyl (C=O) groups excluding carboxylic acids is 3. The fraction of sp³-hybridized carbons (Fsp3) is 0.316. The standard InChI is InChI=1S/C19H19N3O4/c1-13(14-6-3-2-4-7-14)22-17(23)15-12-20(9-10-21(15)19(22)25)18(24)16-8-5-11-26-16/h2-8,11,13,15H,9-10,12H2,1H3. The number of amides is 4. The maximum Gasteiger partial charge on any atom is 0.328 e. The number of benzene rings is 1. The van der Waals surface area contributed by atoms with Crippen molar-refractivity contribution in [3.05, 3.63) is 60.1 Å². The molecule has 2 aromatic rings. The van der Waals surface area contributed by atoms with Crippen LogP contribution in [-0.4, -0.2) is 58.2 Å². The van der Waals surface area contributed by atoms with Crippen molar-refractivity contribution in [1.29, 1.82) is 0 Å². The number of carbonyl (C=O) groups is 3. The second-order valence-electron chi connectivity index (χ2n) is 6.52. The van der Waals surface area contributed by atoms with Crippen LogP contribution >= 0.6 is 0 Å². The Hall–Kier alpha value is -3.09. The second kappa shape index (κ2) is 6.33. The van der Waals surface area contributed by atoms with Gasteiger partial charge in [-0.2, -0.15) is 0 Å². The van der Waals surface area contributed by atoms with E-state index in [-0.39, 0.29) is 36.2 Å². The molecule has 1 aromatic carbocycles. The maximum absolute atomic E-state index is 12.9. The van der Waals surface area contributed by atoms with Gasteiger partial charge in [0.1, 0.15) is 6.04 Å². The molecule has 2 unspecified atom stereocenters. The quantitative estimate of drug-likeness (QED) is 0.793. The van der Waals surface area contributed by atoms with Crippen molar-refractivity contribution in [1.82, 2.24) is 14.7 Å². The molecule has 0 radical (unpaired) electrons. The molecule has 26 heavy (non-hydrogen) atoms. The number of piperazine rings is 1. The summed E-state index contributed by atoms with van der Waals surface area (Å²) in [6.07, 6.45) is 1.44. The van der Waals surface area contributed by atoms with Gasteiger partial charge in [0.15, 0.2) is 5.76 Å². The molecule has 7 nitrogen and oxygen atoms in total. The Morgan fingerprint density at radius 3 is 2.58 bits per heavy atom. The molecule has 2 saturated heterocycles. The van der Waals surface area contributed by atoms with Crippen molar-refractivity contribution in [2.75, 3.05) is 19.6 Å². The number of nitrogens with zero attached hydrogens (tertiary/aromatic N) is 3. The Labute approximate surface area is 150 Å². The first-order valence-electron chi connectivity index (χ1n) is 8.59. The molecule has 3 heterocycles. The van der Waals surface area contributed by atoms with Crippen molar-refractivity contribution in [3.63, 3.8) is 0 Å². The van der Waals surface area contributed by atoms with Crippen LogP contribution in [0.1, 0.15) is 29.1 Å². The van der Waals surface area contributed by atoms with Crippen LogP contribution in [0.5, 0.6) is 0 Å². The Bertz CT molecular complexity index is 834. The molecule has 0 saturated carbocycles. The van der Waals surface area contributed by atoms with E-state index < -0.39 is 6.04 Å². The zero-order valence-electron chi connectivity index (χ0n) is 14.4. The third-order valence-corrected chi connectivity index (χ3v) is 5.04. The minimum atomic E-state index is -0.638. The van der Waals surface area contributed by atoms with Gasteiger partial charge in [0.25, 0.3) is 11.8 Å². The predicted molar refractivity (Wildman–Crippen MR) is 92.2 cm³/mol. The van der Waals surface area contributed by atoms with Crippen LogP contribution in [0.3, 0.4) is 0 Å². The van der Waals surface area contributed by atoms with E-state index in [2.05, 4.69) is 0 Å². The molecule has 4 rings (SSSR count). The summed E-state index contributed by atoms with van der Waals surface area (Å²) in [4.78, 5) is 42.6. The van der Waals surface area contributed by atoms with Gasteiger partial charge in [-0.25, -0.2) is 4.79 Å². The van der Waals surface area contributed by atoms with Crippen molar-refractivity contribution in [2.45, 2.75) is 19.0 Å². The molecule has 0 bridgehead atoms. The van der Waals surface area contributed by atoms with Crippen LogP contribution < -0.4 is 0 Å². The average molecular weight is 353 g/mol. The minimum absolute atomic E-state index is 0.183. The fourth-order valence-electron chi connectivity index (χ4n) is 3.59. The number of furan rings is 1. The summed E-state index contributed by atoms with van der Waals surface area (Å²) in [5.41, 5.74) is 0.901. The van der Waals surface area contributed by atoms with E-state index >= 15 is 0 Å². The van der Waals surface area contributed by atoms with Gasteiger partial charge in [-0.15, -0.1) is 0 Å². The van der Waals surface area contributed by atoms with Crippen LogP contribution in [-0.2, 0) is 4.79 Å². The minimum Gasteiger partial charge on any atom is -0.459 e. The molecule has 2 fully saturated rings. The first kappa shape index (κ1) is 16.4. The lowest BCUT2D eigenvalue weighted by Crippen LogP contribution is -2.54. The van der Waals surface area contributed by atoms with E-state index in [4.69, 9.17) is 4.42 Å². The second-order valence-corrected chi connectivity index (χ2v) is 6.52. The molecule has 0 spiro atoms. The maximum atomic E-state index is 12.9. The molecule has 2 aliphatic rings. The van der Waals surface area contributed by atoms with Crippen molar-refractivity contribution < 1.29 is 18.8 Å².